The van der Waals surface area contributed by atoms with Crippen LogP contribution in [0.2, 0.25) is 0 Å². The molecule has 0 saturated carbocycles. The summed E-state index contributed by atoms with van der Waals surface area (Å²) in [6.45, 7) is 3.16. The molecule has 1 N–H and O–H groups in total. The number of ether oxygens (including phenoxy) is 1. The number of thiophene rings is 1. The molecule has 1 atom stereocenters. The number of esters is 1. The second-order valence-corrected chi connectivity index (χ2v) is 10.3. The summed E-state index contributed by atoms with van der Waals surface area (Å²) in [5.41, 5.74) is 1.98. The highest BCUT2D eigenvalue weighted by Crippen LogP contribution is 2.37. The summed E-state index contributed by atoms with van der Waals surface area (Å²) in [7, 11) is 0. The fourth-order valence-corrected chi connectivity index (χ4v) is 5.84. The van der Waals surface area contributed by atoms with Crippen LogP contribution in [0.3, 0.4) is 0 Å². The Labute approximate surface area is 207 Å². The topological polar surface area (TPSA) is 117 Å². The number of hydrogen-bond donors (Lipinski definition) is 1. The van der Waals surface area contributed by atoms with Crippen LogP contribution >= 0.6 is 11.3 Å². The molecule has 0 radical (unpaired) electrons. The van der Waals surface area contributed by atoms with Gasteiger partial charge in [0.2, 0.25) is 0 Å². The molecule has 0 bridgehead atoms. The van der Waals surface area contributed by atoms with Gasteiger partial charge in [-0.3, -0.25) is 19.3 Å². The number of imide groups is 1. The summed E-state index contributed by atoms with van der Waals surface area (Å²) >= 11 is 1.40. The second-order valence-electron chi connectivity index (χ2n) is 9.21. The Kier molecular flexibility index (Phi) is 7.31. The summed E-state index contributed by atoms with van der Waals surface area (Å²) in [5.74, 6) is -2.49. The average Bonchev–Trinajstić information content (AvgIpc) is 3.16. The lowest BCUT2D eigenvalue weighted by atomic mass is 10.0. The lowest BCUT2D eigenvalue weighted by Crippen LogP contribution is -2.46. The maximum Gasteiger partial charge on any atom is 0.329 e. The van der Waals surface area contributed by atoms with E-state index in [4.69, 9.17) is 4.74 Å². The van der Waals surface area contributed by atoms with Crippen molar-refractivity contribution in [2.24, 2.45) is 5.92 Å². The fraction of sp³-hybridized carbons (Fsp3) is 0.423. The monoisotopic (exact) mass is 493 g/mol. The van der Waals surface area contributed by atoms with Gasteiger partial charge in [0.15, 0.2) is 6.61 Å². The molecule has 8 nitrogen and oxygen atoms in total. The molecule has 1 aliphatic carbocycles. The van der Waals surface area contributed by atoms with Gasteiger partial charge in [0.1, 0.15) is 17.1 Å². The van der Waals surface area contributed by atoms with Crippen molar-refractivity contribution in [1.29, 1.82) is 5.26 Å². The van der Waals surface area contributed by atoms with E-state index in [0.29, 0.717) is 10.6 Å². The number of benzene rings is 1. The van der Waals surface area contributed by atoms with Crippen molar-refractivity contribution in [3.05, 3.63) is 51.4 Å². The molecule has 4 rings (SSSR count). The molecule has 35 heavy (non-hydrogen) atoms. The molecule has 2 aliphatic rings. The van der Waals surface area contributed by atoms with Crippen molar-refractivity contribution >= 4 is 40.0 Å². The predicted octanol–water partition coefficient (Wildman–Crippen LogP) is 4.08. The number of carbonyl (C=O) groups is 4. The standard InChI is InChI=1S/C26H27N3O5S/c1-15(2)12-20(29-24(31)17-9-6-7-10-18(17)25(29)32)26(33)34-14-22(30)28-23-19(13-27)16-8-4-3-5-11-21(16)35-23/h6-7,9-10,15,20H,3-5,8,11-12,14H2,1-2H3,(H,28,30). The third kappa shape index (κ3) is 4.98. The number of nitrogens with one attached hydrogen (secondary N) is 1. The van der Waals surface area contributed by atoms with Gasteiger partial charge in [-0.25, -0.2) is 4.79 Å². The van der Waals surface area contributed by atoms with Crippen LogP contribution in [0.25, 0.3) is 0 Å². The molecule has 9 heteroatoms. The molecule has 182 valence electrons. The van der Waals surface area contributed by atoms with Gasteiger partial charge in [0, 0.05) is 4.88 Å². The van der Waals surface area contributed by atoms with Gasteiger partial charge < -0.3 is 10.1 Å². The van der Waals surface area contributed by atoms with Gasteiger partial charge in [-0.15, -0.1) is 11.3 Å². The number of hydrogen-bond acceptors (Lipinski definition) is 7. The van der Waals surface area contributed by atoms with E-state index in [1.54, 1.807) is 24.3 Å². The largest absolute Gasteiger partial charge is 0.454 e. The van der Waals surface area contributed by atoms with Crippen LogP contribution in [0.15, 0.2) is 24.3 Å². The SMILES string of the molecule is CC(C)CC(C(=O)OCC(=O)Nc1sc2c(c1C#N)CCCCC2)N1C(=O)c2ccccc2C1=O. The Hall–Kier alpha value is -3.51. The van der Waals surface area contributed by atoms with Crippen molar-refractivity contribution in [2.75, 3.05) is 11.9 Å². The Balaban J connectivity index is 1.45. The minimum absolute atomic E-state index is 0.00889. The molecule has 0 fully saturated rings. The zero-order chi connectivity index (χ0) is 25.1. The van der Waals surface area contributed by atoms with Gasteiger partial charge in [-0.1, -0.05) is 32.4 Å². The van der Waals surface area contributed by atoms with Gasteiger partial charge in [0.05, 0.1) is 16.7 Å². The van der Waals surface area contributed by atoms with E-state index < -0.39 is 36.3 Å². The van der Waals surface area contributed by atoms with E-state index >= 15 is 0 Å². The highest BCUT2D eigenvalue weighted by Gasteiger charge is 2.43. The molecular formula is C26H27N3O5S. The van der Waals surface area contributed by atoms with Crippen LogP contribution in [-0.4, -0.2) is 41.2 Å². The molecule has 3 amide bonds. The Morgan fingerprint density at radius 1 is 1.11 bits per heavy atom. The first-order valence-corrected chi connectivity index (χ1v) is 12.6. The zero-order valence-corrected chi connectivity index (χ0v) is 20.6. The summed E-state index contributed by atoms with van der Waals surface area (Å²) in [4.78, 5) is 53.4. The number of nitriles is 1. The number of carbonyl (C=O) groups excluding carboxylic acids is 4. The van der Waals surface area contributed by atoms with Crippen LogP contribution in [0.5, 0.6) is 0 Å². The summed E-state index contributed by atoms with van der Waals surface area (Å²) < 4.78 is 5.27. The third-order valence-corrected chi connectivity index (χ3v) is 7.44. The highest BCUT2D eigenvalue weighted by atomic mass is 32.1. The quantitative estimate of drug-likeness (QED) is 0.353. The van der Waals surface area contributed by atoms with Gasteiger partial charge in [-0.05, 0) is 55.7 Å². The molecule has 0 saturated heterocycles. The van der Waals surface area contributed by atoms with Gasteiger partial charge in [0.25, 0.3) is 17.7 Å². The van der Waals surface area contributed by atoms with Gasteiger partial charge >= 0.3 is 5.97 Å². The number of fused-ring (bicyclic) bond motifs is 2. The van der Waals surface area contributed by atoms with Crippen molar-refractivity contribution < 1.29 is 23.9 Å². The minimum atomic E-state index is -1.14. The molecule has 1 aromatic carbocycles. The highest BCUT2D eigenvalue weighted by molar-refractivity contribution is 7.16. The van der Waals surface area contributed by atoms with Crippen LogP contribution in [-0.2, 0) is 27.2 Å². The third-order valence-electron chi connectivity index (χ3n) is 6.24. The Morgan fingerprint density at radius 3 is 2.40 bits per heavy atom. The van der Waals surface area contributed by atoms with E-state index in [9.17, 15) is 24.4 Å². The molecular weight excluding hydrogens is 466 g/mol. The number of anilines is 1. The van der Waals surface area contributed by atoms with E-state index in [1.807, 2.05) is 13.8 Å². The zero-order valence-electron chi connectivity index (χ0n) is 19.8. The van der Waals surface area contributed by atoms with Crippen LogP contribution in [0.4, 0.5) is 5.00 Å². The van der Waals surface area contributed by atoms with Crippen molar-refractivity contribution in [2.45, 2.75) is 58.4 Å². The van der Waals surface area contributed by atoms with Crippen molar-refractivity contribution in [3.8, 4) is 6.07 Å². The van der Waals surface area contributed by atoms with Crippen molar-refractivity contribution in [3.63, 3.8) is 0 Å². The first-order chi connectivity index (χ1) is 16.8. The first-order valence-electron chi connectivity index (χ1n) is 11.8. The lowest BCUT2D eigenvalue weighted by Gasteiger charge is -2.25. The lowest BCUT2D eigenvalue weighted by molar-refractivity contribution is -0.151. The molecule has 1 unspecified atom stereocenters. The number of aryl methyl sites for hydroxylation is 1. The van der Waals surface area contributed by atoms with Gasteiger partial charge in [-0.2, -0.15) is 5.26 Å². The van der Waals surface area contributed by atoms with Crippen LogP contribution < -0.4 is 5.32 Å². The fourth-order valence-electron chi connectivity index (χ4n) is 4.59. The molecule has 1 aliphatic heterocycles. The Morgan fingerprint density at radius 2 is 1.77 bits per heavy atom. The summed E-state index contributed by atoms with van der Waals surface area (Å²) in [6.07, 6.45) is 5.10. The normalized spacial score (nSPS) is 15.8. The number of nitrogens with zero attached hydrogens (tertiary/aromatic N) is 2. The molecule has 1 aromatic heterocycles. The molecule has 2 aromatic rings. The van der Waals surface area contributed by atoms with Crippen molar-refractivity contribution in [1.82, 2.24) is 4.90 Å². The number of amides is 3. The van der Waals surface area contributed by atoms with Crippen LogP contribution in [0, 0.1) is 17.2 Å². The second kappa shape index (κ2) is 10.4. The Bertz CT molecular complexity index is 1190. The van der Waals surface area contributed by atoms with E-state index in [1.165, 1.54) is 11.3 Å². The van der Waals surface area contributed by atoms with E-state index in [0.717, 1.165) is 47.4 Å². The maximum absolute atomic E-state index is 13.0. The maximum atomic E-state index is 13.0. The summed E-state index contributed by atoms with van der Waals surface area (Å²) in [6, 6.07) is 7.49. The molecule has 0 spiro atoms. The van der Waals surface area contributed by atoms with E-state index in [-0.39, 0.29) is 23.5 Å². The molecule has 2 heterocycles. The summed E-state index contributed by atoms with van der Waals surface area (Å²) in [5, 5.41) is 12.8. The smallest absolute Gasteiger partial charge is 0.329 e. The van der Waals surface area contributed by atoms with E-state index in [2.05, 4.69) is 11.4 Å². The average molecular weight is 494 g/mol. The van der Waals surface area contributed by atoms with Crippen LogP contribution in [0.1, 0.15) is 76.3 Å². The minimum Gasteiger partial charge on any atom is -0.454 e. The first kappa shape index (κ1) is 24.6. The predicted molar refractivity (Wildman–Crippen MR) is 130 cm³/mol. The number of rotatable bonds is 7.